The van der Waals surface area contributed by atoms with Crippen molar-refractivity contribution in [1.82, 2.24) is 9.88 Å². The molecular formula is C29H36N2O4. The van der Waals surface area contributed by atoms with Crippen LogP contribution in [-0.2, 0) is 11.2 Å². The van der Waals surface area contributed by atoms with Gasteiger partial charge in [-0.2, -0.15) is 0 Å². The number of nitrogens with zero attached hydrogens (tertiary/aromatic N) is 1. The third-order valence-corrected chi connectivity index (χ3v) is 6.10. The lowest BCUT2D eigenvalue weighted by atomic mass is 9.92. The third kappa shape index (κ3) is 5.70. The van der Waals surface area contributed by atoms with Crippen LogP contribution in [0, 0.1) is 0 Å². The monoisotopic (exact) mass is 476 g/mol. The quantitative estimate of drug-likeness (QED) is 0.394. The Labute approximate surface area is 207 Å². The predicted octanol–water partition coefficient (Wildman–Crippen LogP) is 6.51. The molecule has 0 fully saturated rings. The van der Waals surface area contributed by atoms with Gasteiger partial charge in [0.1, 0.15) is 5.60 Å². The summed E-state index contributed by atoms with van der Waals surface area (Å²) in [6.07, 6.45) is 8.76. The Bertz CT molecular complexity index is 1220. The SMILES string of the molecule is CCCCOc1cc2c(cc1OC)C(/C=C/c1cccc3c1ccn3C(=O)OC(C)(C)C)NCC2. The molecule has 1 unspecified atom stereocenters. The summed E-state index contributed by atoms with van der Waals surface area (Å²) in [5.41, 5.74) is 3.80. The normalized spacial score (nSPS) is 15.9. The zero-order valence-electron chi connectivity index (χ0n) is 21.4. The largest absolute Gasteiger partial charge is 0.493 e. The fourth-order valence-electron chi connectivity index (χ4n) is 4.37. The van der Waals surface area contributed by atoms with Gasteiger partial charge in [0.15, 0.2) is 11.5 Å². The minimum Gasteiger partial charge on any atom is -0.493 e. The van der Waals surface area contributed by atoms with Gasteiger partial charge in [0, 0.05) is 18.1 Å². The highest BCUT2D eigenvalue weighted by molar-refractivity contribution is 5.94. The van der Waals surface area contributed by atoms with Crippen LogP contribution >= 0.6 is 0 Å². The van der Waals surface area contributed by atoms with Crippen molar-refractivity contribution >= 4 is 23.1 Å². The van der Waals surface area contributed by atoms with E-state index in [-0.39, 0.29) is 12.1 Å². The Morgan fingerprint density at radius 1 is 1.20 bits per heavy atom. The summed E-state index contributed by atoms with van der Waals surface area (Å²) >= 11 is 0. The molecule has 1 N–H and O–H groups in total. The van der Waals surface area contributed by atoms with Crippen LogP contribution in [0.15, 0.2) is 48.7 Å². The first kappa shape index (κ1) is 24.9. The van der Waals surface area contributed by atoms with E-state index in [1.807, 2.05) is 39.0 Å². The van der Waals surface area contributed by atoms with Crippen molar-refractivity contribution in [3.8, 4) is 11.5 Å². The topological polar surface area (TPSA) is 61.7 Å². The number of unbranched alkanes of at least 4 members (excludes halogenated alkanes) is 1. The first-order valence-electron chi connectivity index (χ1n) is 12.4. The number of carbonyl (C=O) groups excluding carboxylic acids is 1. The molecule has 1 aliphatic rings. The standard InChI is InChI=1S/C29H36N2O4/c1-6-7-17-34-27-18-21-13-15-30-24(23(21)19-26(27)33-5)12-11-20-9-8-10-25-22(20)14-16-31(25)28(32)35-29(2,3)4/h8-12,14,16,18-19,24,30H,6-7,13,15,17H2,1-5H3/b12-11+. The summed E-state index contributed by atoms with van der Waals surface area (Å²) < 4.78 is 18.8. The molecule has 1 aliphatic heterocycles. The van der Waals surface area contributed by atoms with Gasteiger partial charge in [-0.1, -0.05) is 37.6 Å². The molecule has 35 heavy (non-hydrogen) atoms. The maximum Gasteiger partial charge on any atom is 0.418 e. The lowest BCUT2D eigenvalue weighted by Crippen LogP contribution is -2.28. The molecule has 0 bridgehead atoms. The van der Waals surface area contributed by atoms with Crippen molar-refractivity contribution in [1.29, 1.82) is 0 Å². The van der Waals surface area contributed by atoms with Crippen LogP contribution in [0.4, 0.5) is 4.79 Å². The summed E-state index contributed by atoms with van der Waals surface area (Å²) in [7, 11) is 1.69. The Morgan fingerprint density at radius 2 is 2.03 bits per heavy atom. The van der Waals surface area contributed by atoms with E-state index in [9.17, 15) is 4.79 Å². The second-order valence-corrected chi connectivity index (χ2v) is 9.89. The summed E-state index contributed by atoms with van der Waals surface area (Å²) in [5, 5.41) is 4.61. The van der Waals surface area contributed by atoms with Gasteiger partial charge in [0.2, 0.25) is 0 Å². The van der Waals surface area contributed by atoms with Crippen LogP contribution in [0.3, 0.4) is 0 Å². The number of benzene rings is 2. The highest BCUT2D eigenvalue weighted by Crippen LogP contribution is 2.36. The number of carbonyl (C=O) groups is 1. The molecule has 1 aromatic heterocycles. The van der Waals surface area contributed by atoms with Gasteiger partial charge < -0.3 is 19.5 Å². The van der Waals surface area contributed by atoms with Crippen LogP contribution in [0.25, 0.3) is 17.0 Å². The molecule has 0 amide bonds. The van der Waals surface area contributed by atoms with Crippen molar-refractivity contribution < 1.29 is 19.0 Å². The van der Waals surface area contributed by atoms with Crippen LogP contribution in [0.1, 0.15) is 63.3 Å². The molecule has 1 atom stereocenters. The van der Waals surface area contributed by atoms with Gasteiger partial charge in [0.25, 0.3) is 0 Å². The number of hydrogen-bond acceptors (Lipinski definition) is 5. The zero-order chi connectivity index (χ0) is 25.0. The summed E-state index contributed by atoms with van der Waals surface area (Å²) in [6.45, 7) is 9.35. The lowest BCUT2D eigenvalue weighted by molar-refractivity contribution is 0.0544. The number of rotatable bonds is 7. The van der Waals surface area contributed by atoms with Gasteiger partial charge in [0.05, 0.1) is 25.3 Å². The van der Waals surface area contributed by atoms with E-state index in [0.717, 1.165) is 53.8 Å². The number of hydrogen-bond donors (Lipinski definition) is 1. The molecule has 3 aromatic rings. The number of ether oxygens (including phenoxy) is 3. The number of nitrogens with one attached hydrogen (secondary N) is 1. The average molecular weight is 477 g/mol. The molecule has 0 spiro atoms. The molecule has 0 aliphatic carbocycles. The van der Waals surface area contributed by atoms with E-state index in [1.165, 1.54) is 11.1 Å². The summed E-state index contributed by atoms with van der Waals surface area (Å²) in [5.74, 6) is 1.58. The molecule has 6 nitrogen and oxygen atoms in total. The van der Waals surface area contributed by atoms with Crippen LogP contribution in [-0.4, -0.2) is 36.5 Å². The number of fused-ring (bicyclic) bond motifs is 2. The molecule has 2 aromatic carbocycles. The molecule has 0 saturated heterocycles. The van der Waals surface area contributed by atoms with Crippen LogP contribution in [0.2, 0.25) is 0 Å². The maximum absolute atomic E-state index is 12.7. The van der Waals surface area contributed by atoms with Gasteiger partial charge in [-0.3, -0.25) is 4.57 Å². The molecule has 4 rings (SSSR count). The van der Waals surface area contributed by atoms with Crippen LogP contribution in [0.5, 0.6) is 11.5 Å². The van der Waals surface area contributed by atoms with E-state index in [4.69, 9.17) is 14.2 Å². The van der Waals surface area contributed by atoms with E-state index in [1.54, 1.807) is 17.9 Å². The van der Waals surface area contributed by atoms with Crippen LogP contribution < -0.4 is 14.8 Å². The van der Waals surface area contributed by atoms with Gasteiger partial charge in [-0.15, -0.1) is 0 Å². The maximum atomic E-state index is 12.7. The second kappa shape index (κ2) is 10.6. The summed E-state index contributed by atoms with van der Waals surface area (Å²) in [4.78, 5) is 12.7. The van der Waals surface area contributed by atoms with E-state index >= 15 is 0 Å². The highest BCUT2D eigenvalue weighted by Gasteiger charge is 2.22. The first-order valence-corrected chi connectivity index (χ1v) is 12.4. The zero-order valence-corrected chi connectivity index (χ0v) is 21.4. The molecular weight excluding hydrogens is 440 g/mol. The predicted molar refractivity (Wildman–Crippen MR) is 140 cm³/mol. The first-order chi connectivity index (χ1) is 16.8. The van der Waals surface area contributed by atoms with Crippen molar-refractivity contribution in [2.24, 2.45) is 0 Å². The van der Waals surface area contributed by atoms with Crippen molar-refractivity contribution in [3.63, 3.8) is 0 Å². The van der Waals surface area contributed by atoms with E-state index in [0.29, 0.717) is 6.61 Å². The third-order valence-electron chi connectivity index (χ3n) is 6.10. The summed E-state index contributed by atoms with van der Waals surface area (Å²) in [6, 6.07) is 12.2. The Kier molecular flexibility index (Phi) is 7.51. The van der Waals surface area contributed by atoms with Crippen molar-refractivity contribution in [3.05, 3.63) is 65.4 Å². The molecule has 6 heteroatoms. The number of methoxy groups -OCH3 is 1. The molecule has 0 saturated carbocycles. The van der Waals surface area contributed by atoms with Crippen molar-refractivity contribution in [2.45, 2.75) is 58.6 Å². The molecule has 0 radical (unpaired) electrons. The average Bonchev–Trinajstić information content (AvgIpc) is 3.26. The minimum absolute atomic E-state index is 0.0561. The highest BCUT2D eigenvalue weighted by atomic mass is 16.6. The fourth-order valence-corrected chi connectivity index (χ4v) is 4.37. The Balaban J connectivity index is 1.60. The van der Waals surface area contributed by atoms with Gasteiger partial charge in [-0.25, -0.2) is 4.79 Å². The minimum atomic E-state index is -0.548. The van der Waals surface area contributed by atoms with Crippen molar-refractivity contribution in [2.75, 3.05) is 20.3 Å². The fraction of sp³-hybridized carbons (Fsp3) is 0.414. The lowest BCUT2D eigenvalue weighted by Gasteiger charge is -2.26. The van der Waals surface area contributed by atoms with E-state index in [2.05, 4.69) is 42.6 Å². The van der Waals surface area contributed by atoms with Gasteiger partial charge in [-0.05, 0) is 74.6 Å². The smallest absolute Gasteiger partial charge is 0.418 e. The Hall–Kier alpha value is -3.25. The molecule has 186 valence electrons. The number of aromatic nitrogens is 1. The Morgan fingerprint density at radius 3 is 2.77 bits per heavy atom. The van der Waals surface area contributed by atoms with E-state index < -0.39 is 5.60 Å². The molecule has 2 heterocycles. The second-order valence-electron chi connectivity index (χ2n) is 9.89. The van der Waals surface area contributed by atoms with Gasteiger partial charge >= 0.3 is 6.09 Å².